The highest BCUT2D eigenvalue weighted by molar-refractivity contribution is 5.27. The van der Waals surface area contributed by atoms with Gasteiger partial charge in [-0.25, -0.2) is 0 Å². The van der Waals surface area contributed by atoms with Crippen molar-refractivity contribution in [1.82, 2.24) is 5.32 Å². The molecule has 0 spiro atoms. The van der Waals surface area contributed by atoms with Gasteiger partial charge in [0.2, 0.25) is 0 Å². The zero-order valence-electron chi connectivity index (χ0n) is 13.0. The van der Waals surface area contributed by atoms with Gasteiger partial charge in [-0.15, -0.1) is 6.58 Å². The van der Waals surface area contributed by atoms with Crippen molar-refractivity contribution in [2.45, 2.75) is 32.4 Å². The van der Waals surface area contributed by atoms with E-state index < -0.39 is 6.10 Å². The summed E-state index contributed by atoms with van der Waals surface area (Å²) in [5.74, 6) is 0.773. The van der Waals surface area contributed by atoms with Crippen LogP contribution in [-0.2, 0) is 11.2 Å². The summed E-state index contributed by atoms with van der Waals surface area (Å²) in [5.41, 5.74) is 1.20. The molecular weight excluding hydrogens is 266 g/mol. The molecule has 4 heteroatoms. The SMILES string of the molecule is C=CCOCCc1ccc(OC[C@H](O)CNC(C)C)cc1. The van der Waals surface area contributed by atoms with E-state index >= 15 is 0 Å². The molecule has 0 saturated carbocycles. The molecule has 21 heavy (non-hydrogen) atoms. The van der Waals surface area contributed by atoms with Crippen molar-refractivity contribution < 1.29 is 14.6 Å². The fourth-order valence-corrected chi connectivity index (χ4v) is 1.73. The van der Waals surface area contributed by atoms with Gasteiger partial charge < -0.3 is 19.9 Å². The van der Waals surface area contributed by atoms with E-state index in [9.17, 15) is 5.11 Å². The Bertz CT molecular complexity index is 390. The van der Waals surface area contributed by atoms with Crippen LogP contribution in [-0.4, -0.2) is 43.6 Å². The van der Waals surface area contributed by atoms with Gasteiger partial charge in [0.25, 0.3) is 0 Å². The molecule has 0 unspecified atom stereocenters. The molecule has 0 aliphatic carbocycles. The van der Waals surface area contributed by atoms with Crippen molar-refractivity contribution in [3.8, 4) is 5.75 Å². The predicted octanol–water partition coefficient (Wildman–Crippen LogP) is 2.17. The van der Waals surface area contributed by atoms with Crippen molar-refractivity contribution in [2.24, 2.45) is 0 Å². The molecule has 0 fully saturated rings. The quantitative estimate of drug-likeness (QED) is 0.485. The maximum absolute atomic E-state index is 9.77. The summed E-state index contributed by atoms with van der Waals surface area (Å²) in [5, 5.41) is 12.9. The normalized spacial score (nSPS) is 12.4. The maximum Gasteiger partial charge on any atom is 0.119 e. The van der Waals surface area contributed by atoms with E-state index in [2.05, 4.69) is 11.9 Å². The van der Waals surface area contributed by atoms with Crippen LogP contribution >= 0.6 is 0 Å². The lowest BCUT2D eigenvalue weighted by molar-refractivity contribution is 0.104. The second-order valence-corrected chi connectivity index (χ2v) is 5.29. The van der Waals surface area contributed by atoms with Crippen LogP contribution < -0.4 is 10.1 Å². The van der Waals surface area contributed by atoms with E-state index in [0.29, 0.717) is 32.4 Å². The number of nitrogens with one attached hydrogen (secondary N) is 1. The van der Waals surface area contributed by atoms with E-state index in [-0.39, 0.29) is 0 Å². The third-order valence-corrected chi connectivity index (χ3v) is 2.90. The molecule has 0 aliphatic rings. The first-order valence-electron chi connectivity index (χ1n) is 7.43. The fraction of sp³-hybridized carbons (Fsp3) is 0.529. The number of hydrogen-bond acceptors (Lipinski definition) is 4. The van der Waals surface area contributed by atoms with Gasteiger partial charge in [0, 0.05) is 12.6 Å². The standard InChI is InChI=1S/C17H27NO3/c1-4-10-20-11-9-15-5-7-17(8-6-15)21-13-16(19)12-18-14(2)3/h4-8,14,16,18-19H,1,9-13H2,2-3H3/t16-/m1/s1. The summed E-state index contributed by atoms with van der Waals surface area (Å²) in [6, 6.07) is 8.25. The largest absolute Gasteiger partial charge is 0.491 e. The Morgan fingerprint density at radius 3 is 2.62 bits per heavy atom. The molecule has 0 heterocycles. The van der Waals surface area contributed by atoms with Gasteiger partial charge in [0.15, 0.2) is 0 Å². The Kier molecular flexibility index (Phi) is 8.74. The lowest BCUT2D eigenvalue weighted by atomic mass is 10.1. The van der Waals surface area contributed by atoms with Gasteiger partial charge in [-0.05, 0) is 24.1 Å². The van der Waals surface area contributed by atoms with Crippen LogP contribution in [0.15, 0.2) is 36.9 Å². The van der Waals surface area contributed by atoms with E-state index in [1.807, 2.05) is 38.1 Å². The second-order valence-electron chi connectivity index (χ2n) is 5.29. The molecule has 0 aliphatic heterocycles. The Morgan fingerprint density at radius 1 is 1.29 bits per heavy atom. The molecule has 1 rings (SSSR count). The van der Waals surface area contributed by atoms with E-state index in [4.69, 9.17) is 9.47 Å². The van der Waals surface area contributed by atoms with Gasteiger partial charge in [0.1, 0.15) is 18.5 Å². The van der Waals surface area contributed by atoms with Crippen LogP contribution in [0.25, 0.3) is 0 Å². The number of aliphatic hydroxyl groups excluding tert-OH is 1. The van der Waals surface area contributed by atoms with E-state index in [0.717, 1.165) is 12.2 Å². The maximum atomic E-state index is 9.77. The minimum atomic E-state index is -0.501. The highest BCUT2D eigenvalue weighted by atomic mass is 16.5. The minimum absolute atomic E-state index is 0.293. The average molecular weight is 293 g/mol. The summed E-state index contributed by atoms with van der Waals surface area (Å²) in [4.78, 5) is 0. The predicted molar refractivity (Wildman–Crippen MR) is 85.8 cm³/mol. The summed E-state index contributed by atoms with van der Waals surface area (Å²) < 4.78 is 10.9. The Morgan fingerprint density at radius 2 is 2.00 bits per heavy atom. The minimum Gasteiger partial charge on any atom is -0.491 e. The molecule has 1 aromatic carbocycles. The summed E-state index contributed by atoms with van der Waals surface area (Å²) in [6.07, 6.45) is 2.12. The smallest absolute Gasteiger partial charge is 0.119 e. The van der Waals surface area contributed by atoms with Crippen LogP contribution in [0.3, 0.4) is 0 Å². The fourth-order valence-electron chi connectivity index (χ4n) is 1.73. The van der Waals surface area contributed by atoms with Crippen LogP contribution in [0.2, 0.25) is 0 Å². The molecule has 1 aromatic rings. The number of hydrogen-bond donors (Lipinski definition) is 2. The molecule has 1 atom stereocenters. The first-order valence-corrected chi connectivity index (χ1v) is 7.43. The number of rotatable bonds is 11. The second kappa shape index (κ2) is 10.4. The highest BCUT2D eigenvalue weighted by Gasteiger charge is 2.06. The Balaban J connectivity index is 2.25. The molecule has 0 amide bonds. The molecule has 2 N–H and O–H groups in total. The first kappa shape index (κ1) is 17.7. The highest BCUT2D eigenvalue weighted by Crippen LogP contribution is 2.13. The topological polar surface area (TPSA) is 50.7 Å². The first-order chi connectivity index (χ1) is 10.1. The monoisotopic (exact) mass is 293 g/mol. The third-order valence-electron chi connectivity index (χ3n) is 2.90. The summed E-state index contributed by atoms with van der Waals surface area (Å²) in [6.45, 7) is 9.81. The average Bonchev–Trinajstić information content (AvgIpc) is 2.48. The van der Waals surface area contributed by atoms with Gasteiger partial charge >= 0.3 is 0 Å². The lowest BCUT2D eigenvalue weighted by Crippen LogP contribution is -2.35. The molecule has 0 bridgehead atoms. The lowest BCUT2D eigenvalue weighted by Gasteiger charge is -2.15. The van der Waals surface area contributed by atoms with Crippen LogP contribution in [0.1, 0.15) is 19.4 Å². The van der Waals surface area contributed by atoms with E-state index in [1.54, 1.807) is 6.08 Å². The van der Waals surface area contributed by atoms with Crippen molar-refractivity contribution in [1.29, 1.82) is 0 Å². The van der Waals surface area contributed by atoms with Crippen molar-refractivity contribution in [2.75, 3.05) is 26.4 Å². The molecule has 0 aromatic heterocycles. The van der Waals surface area contributed by atoms with Crippen molar-refractivity contribution in [3.63, 3.8) is 0 Å². The molecular formula is C17H27NO3. The van der Waals surface area contributed by atoms with Gasteiger partial charge in [-0.2, -0.15) is 0 Å². The zero-order valence-corrected chi connectivity index (χ0v) is 13.0. The van der Waals surface area contributed by atoms with E-state index in [1.165, 1.54) is 5.56 Å². The zero-order chi connectivity index (χ0) is 15.5. The number of ether oxygens (including phenoxy) is 2. The Labute approximate surface area is 127 Å². The van der Waals surface area contributed by atoms with Crippen molar-refractivity contribution >= 4 is 0 Å². The molecule has 0 saturated heterocycles. The molecule has 118 valence electrons. The third kappa shape index (κ3) is 8.50. The summed E-state index contributed by atoms with van der Waals surface area (Å²) >= 11 is 0. The van der Waals surface area contributed by atoms with Crippen LogP contribution in [0.5, 0.6) is 5.75 Å². The summed E-state index contributed by atoms with van der Waals surface area (Å²) in [7, 11) is 0. The van der Waals surface area contributed by atoms with Crippen LogP contribution in [0.4, 0.5) is 0 Å². The Hall–Kier alpha value is -1.36. The van der Waals surface area contributed by atoms with Crippen LogP contribution in [0, 0.1) is 0 Å². The van der Waals surface area contributed by atoms with Crippen molar-refractivity contribution in [3.05, 3.63) is 42.5 Å². The van der Waals surface area contributed by atoms with Gasteiger partial charge in [-0.1, -0.05) is 32.1 Å². The molecule has 0 radical (unpaired) electrons. The van der Waals surface area contributed by atoms with Gasteiger partial charge in [-0.3, -0.25) is 0 Å². The number of benzene rings is 1. The number of aliphatic hydroxyl groups is 1. The molecule has 4 nitrogen and oxygen atoms in total. The van der Waals surface area contributed by atoms with Gasteiger partial charge in [0.05, 0.1) is 13.2 Å².